The topological polar surface area (TPSA) is 91.7 Å². The molecule has 5 heteroatoms. The zero-order valence-electron chi connectivity index (χ0n) is 16.7. The van der Waals surface area contributed by atoms with E-state index in [2.05, 4.69) is 0 Å². The van der Waals surface area contributed by atoms with Gasteiger partial charge in [0.25, 0.3) is 0 Å². The molecule has 4 atom stereocenters. The molecule has 0 aromatic heterocycles. The summed E-state index contributed by atoms with van der Waals surface area (Å²) in [6.45, 7) is 11.0. The smallest absolute Gasteiger partial charge is 0.185 e. The van der Waals surface area contributed by atoms with Gasteiger partial charge in [-0.2, -0.15) is 0 Å². The predicted octanol–water partition coefficient (Wildman–Crippen LogP) is 2.79. The predicted molar refractivity (Wildman–Crippen MR) is 101 cm³/mol. The van der Waals surface area contributed by atoms with Gasteiger partial charge in [0, 0.05) is 6.42 Å². The minimum absolute atomic E-state index is 0.00335. The molecule has 1 saturated carbocycles. The lowest BCUT2D eigenvalue weighted by atomic mass is 9.80. The van der Waals surface area contributed by atoms with Crippen molar-refractivity contribution in [3.05, 3.63) is 23.3 Å². The van der Waals surface area contributed by atoms with Crippen molar-refractivity contribution in [3.63, 3.8) is 0 Å². The number of carbonyl (C=O) groups excluding carboxylic acids is 3. The van der Waals surface area contributed by atoms with Crippen LogP contribution in [0, 0.1) is 17.8 Å². The first-order valence-corrected chi connectivity index (χ1v) is 9.20. The Morgan fingerprint density at radius 2 is 1.65 bits per heavy atom. The normalized spacial score (nSPS) is 26.8. The van der Waals surface area contributed by atoms with Crippen LogP contribution in [-0.4, -0.2) is 39.3 Å². The van der Waals surface area contributed by atoms with Gasteiger partial charge in [0.05, 0.1) is 12.0 Å². The van der Waals surface area contributed by atoms with Crippen LogP contribution in [0.3, 0.4) is 0 Å². The fraction of sp³-hybridized carbons (Fsp3) is 0.667. The van der Waals surface area contributed by atoms with Crippen LogP contribution in [0.25, 0.3) is 0 Å². The molecule has 0 amide bonds. The first kappa shape index (κ1) is 22.5. The summed E-state index contributed by atoms with van der Waals surface area (Å²) < 4.78 is 0. The van der Waals surface area contributed by atoms with E-state index < -0.39 is 40.9 Å². The SMILES string of the molecule is CC(C)=CCC(O)[C@]1(O)C(=O)C(C(=O)CC(C)C)C(=O)[C@@H]1CC=C(C)C. The molecule has 1 aliphatic carbocycles. The van der Waals surface area contributed by atoms with Crippen LogP contribution in [0.5, 0.6) is 0 Å². The Bertz CT molecular complexity index is 620. The van der Waals surface area contributed by atoms with Crippen molar-refractivity contribution in [2.24, 2.45) is 17.8 Å². The second-order valence-electron chi connectivity index (χ2n) is 8.19. The standard InChI is InChI=1S/C21H32O5/c1-12(2)7-9-15-19(24)18(16(22)11-14(5)6)20(25)21(15,26)17(23)10-8-13(3)4/h7-8,14-15,17-18,23,26H,9-11H2,1-6H3/t15-,17?,18?,21-/m0/s1. The van der Waals surface area contributed by atoms with Crippen LogP contribution in [0.2, 0.25) is 0 Å². The summed E-state index contributed by atoms with van der Waals surface area (Å²) in [5.74, 6) is -4.47. The Labute approximate surface area is 156 Å². The van der Waals surface area contributed by atoms with Gasteiger partial charge in [0.1, 0.15) is 5.92 Å². The third-order valence-electron chi connectivity index (χ3n) is 4.77. The second-order valence-corrected chi connectivity index (χ2v) is 8.19. The van der Waals surface area contributed by atoms with Crippen LogP contribution < -0.4 is 0 Å². The molecule has 0 aromatic carbocycles. The lowest BCUT2D eigenvalue weighted by Gasteiger charge is -2.31. The molecule has 0 aromatic rings. The maximum absolute atomic E-state index is 12.9. The van der Waals surface area contributed by atoms with Gasteiger partial charge in [-0.1, -0.05) is 37.1 Å². The van der Waals surface area contributed by atoms with Gasteiger partial charge >= 0.3 is 0 Å². The molecule has 1 rings (SSSR count). The number of rotatable bonds is 8. The second kappa shape index (κ2) is 8.87. The Kier molecular flexibility index (Phi) is 7.66. The number of Topliss-reactive ketones (excluding diaryl/α,β-unsaturated/α-hetero) is 3. The molecule has 146 valence electrons. The number of aliphatic hydroxyl groups excluding tert-OH is 1. The molecule has 2 N–H and O–H groups in total. The Hall–Kier alpha value is -1.59. The molecule has 1 aliphatic rings. The average molecular weight is 364 g/mol. The minimum Gasteiger partial charge on any atom is -0.389 e. The lowest BCUT2D eigenvalue weighted by molar-refractivity contribution is -0.155. The zero-order chi connectivity index (χ0) is 20.2. The molecule has 0 aliphatic heterocycles. The molecule has 0 bridgehead atoms. The molecule has 0 heterocycles. The Morgan fingerprint density at radius 1 is 1.12 bits per heavy atom. The van der Waals surface area contributed by atoms with E-state index in [0.717, 1.165) is 11.1 Å². The van der Waals surface area contributed by atoms with Crippen molar-refractivity contribution >= 4 is 17.3 Å². The monoisotopic (exact) mass is 364 g/mol. The summed E-state index contributed by atoms with van der Waals surface area (Å²) in [6, 6.07) is 0. The van der Waals surface area contributed by atoms with Gasteiger partial charge in [0.15, 0.2) is 23.0 Å². The van der Waals surface area contributed by atoms with Crippen molar-refractivity contribution < 1.29 is 24.6 Å². The summed E-state index contributed by atoms with van der Waals surface area (Å²) in [7, 11) is 0. The van der Waals surface area contributed by atoms with Crippen LogP contribution in [-0.2, 0) is 14.4 Å². The summed E-state index contributed by atoms with van der Waals surface area (Å²) in [5, 5.41) is 21.7. The highest BCUT2D eigenvalue weighted by Gasteiger charge is 2.63. The van der Waals surface area contributed by atoms with Gasteiger partial charge in [-0.15, -0.1) is 0 Å². The zero-order valence-corrected chi connectivity index (χ0v) is 16.7. The number of carbonyl (C=O) groups is 3. The van der Waals surface area contributed by atoms with Gasteiger partial charge in [-0.3, -0.25) is 14.4 Å². The van der Waals surface area contributed by atoms with Crippen LogP contribution in [0.1, 0.15) is 60.8 Å². The molecule has 5 nitrogen and oxygen atoms in total. The molecule has 0 radical (unpaired) electrons. The molecule has 0 spiro atoms. The van der Waals surface area contributed by atoms with E-state index in [9.17, 15) is 24.6 Å². The van der Waals surface area contributed by atoms with E-state index >= 15 is 0 Å². The summed E-state index contributed by atoms with van der Waals surface area (Å²) >= 11 is 0. The van der Waals surface area contributed by atoms with Gasteiger partial charge < -0.3 is 10.2 Å². The molecule has 0 saturated heterocycles. The van der Waals surface area contributed by atoms with Gasteiger partial charge in [-0.25, -0.2) is 0 Å². The van der Waals surface area contributed by atoms with Crippen molar-refractivity contribution in [1.82, 2.24) is 0 Å². The van der Waals surface area contributed by atoms with Crippen LogP contribution in [0.4, 0.5) is 0 Å². The van der Waals surface area contributed by atoms with Gasteiger partial charge in [0.2, 0.25) is 0 Å². The van der Waals surface area contributed by atoms with Crippen molar-refractivity contribution in [3.8, 4) is 0 Å². The highest BCUT2D eigenvalue weighted by Crippen LogP contribution is 2.41. The largest absolute Gasteiger partial charge is 0.389 e. The molecular formula is C21H32O5. The fourth-order valence-electron chi connectivity index (χ4n) is 3.35. The van der Waals surface area contributed by atoms with E-state index in [1.807, 2.05) is 41.5 Å². The maximum atomic E-state index is 12.9. The molecule has 26 heavy (non-hydrogen) atoms. The summed E-state index contributed by atoms with van der Waals surface area (Å²) in [4.78, 5) is 38.2. The molecule has 2 unspecified atom stereocenters. The third-order valence-corrected chi connectivity index (χ3v) is 4.77. The quantitative estimate of drug-likeness (QED) is 0.510. The van der Waals surface area contributed by atoms with Crippen molar-refractivity contribution in [1.29, 1.82) is 0 Å². The van der Waals surface area contributed by atoms with E-state index in [-0.39, 0.29) is 25.2 Å². The maximum Gasteiger partial charge on any atom is 0.185 e. The summed E-state index contributed by atoms with van der Waals surface area (Å²) in [6.07, 6.45) is 2.30. The number of aliphatic hydroxyl groups is 2. The van der Waals surface area contributed by atoms with Crippen LogP contribution in [0.15, 0.2) is 23.3 Å². The van der Waals surface area contributed by atoms with E-state index in [1.165, 1.54) is 0 Å². The van der Waals surface area contributed by atoms with Gasteiger partial charge in [-0.05, 0) is 46.5 Å². The first-order valence-electron chi connectivity index (χ1n) is 9.20. The third kappa shape index (κ3) is 4.77. The van der Waals surface area contributed by atoms with E-state index in [1.54, 1.807) is 12.2 Å². The minimum atomic E-state index is -2.23. The Balaban J connectivity index is 3.30. The van der Waals surface area contributed by atoms with Crippen molar-refractivity contribution in [2.75, 3.05) is 0 Å². The number of allylic oxidation sites excluding steroid dienone is 3. The number of hydrogen-bond acceptors (Lipinski definition) is 5. The van der Waals surface area contributed by atoms with Crippen LogP contribution >= 0.6 is 0 Å². The summed E-state index contributed by atoms with van der Waals surface area (Å²) in [5.41, 5.74) is -0.368. The number of ketones is 3. The van der Waals surface area contributed by atoms with Crippen molar-refractivity contribution in [2.45, 2.75) is 72.5 Å². The van der Waals surface area contributed by atoms with E-state index in [0.29, 0.717) is 0 Å². The number of hydrogen-bond donors (Lipinski definition) is 2. The highest BCUT2D eigenvalue weighted by atomic mass is 16.4. The highest BCUT2D eigenvalue weighted by molar-refractivity contribution is 6.27. The molecule has 1 fully saturated rings. The first-order chi connectivity index (χ1) is 11.9. The lowest BCUT2D eigenvalue weighted by Crippen LogP contribution is -2.52. The average Bonchev–Trinajstić information content (AvgIpc) is 2.69. The Morgan fingerprint density at radius 3 is 2.12 bits per heavy atom. The molecular weight excluding hydrogens is 332 g/mol. The fourth-order valence-corrected chi connectivity index (χ4v) is 3.35. The van der Waals surface area contributed by atoms with E-state index in [4.69, 9.17) is 0 Å².